The van der Waals surface area contributed by atoms with E-state index in [0.29, 0.717) is 39.7 Å². The van der Waals surface area contributed by atoms with Crippen LogP contribution in [0.15, 0.2) is 46.9 Å². The second kappa shape index (κ2) is 8.03. The maximum atomic E-state index is 12.8. The highest BCUT2D eigenvalue weighted by Crippen LogP contribution is 2.34. The van der Waals surface area contributed by atoms with Crippen molar-refractivity contribution >= 4 is 28.4 Å². The zero-order valence-corrected chi connectivity index (χ0v) is 16.9. The number of aromatic nitrogens is 2. The number of halogens is 3. The van der Waals surface area contributed by atoms with Crippen LogP contribution in [0, 0.1) is 6.92 Å². The fraction of sp³-hybridized carbons (Fsp3) is 0.190. The Morgan fingerprint density at radius 3 is 2.58 bits per heavy atom. The number of nitrogens with zero attached hydrogens (tertiary/aromatic N) is 2. The first-order valence-electron chi connectivity index (χ1n) is 9.07. The fourth-order valence-corrected chi connectivity index (χ4v) is 3.98. The first-order valence-corrected chi connectivity index (χ1v) is 9.88. The van der Waals surface area contributed by atoms with E-state index in [1.807, 2.05) is 6.92 Å². The van der Waals surface area contributed by atoms with Crippen LogP contribution in [0.1, 0.15) is 22.0 Å². The highest BCUT2D eigenvalue weighted by atomic mass is 32.1. The topological polar surface area (TPSA) is 85.5 Å². The van der Waals surface area contributed by atoms with E-state index in [-0.39, 0.29) is 0 Å². The number of benzene rings is 2. The summed E-state index contributed by atoms with van der Waals surface area (Å²) in [7, 11) is 0. The van der Waals surface area contributed by atoms with E-state index in [4.69, 9.17) is 14.3 Å². The summed E-state index contributed by atoms with van der Waals surface area (Å²) in [5.41, 5.74) is 1.70. The van der Waals surface area contributed by atoms with E-state index in [1.54, 1.807) is 18.2 Å². The van der Waals surface area contributed by atoms with Gasteiger partial charge in [-0.3, -0.25) is 0 Å². The zero-order chi connectivity index (χ0) is 22.2. The van der Waals surface area contributed by atoms with E-state index >= 15 is 0 Å². The molecular weight excluding hydrogens is 433 g/mol. The Hall–Kier alpha value is -3.40. The third-order valence-electron chi connectivity index (χ3n) is 4.43. The number of thiazole rings is 1. The molecule has 0 amide bonds. The van der Waals surface area contributed by atoms with Gasteiger partial charge in [0.05, 0.1) is 17.7 Å². The monoisotopic (exact) mass is 448 g/mol. The molecule has 2 heterocycles. The molecule has 4 rings (SSSR count). The molecule has 0 atom stereocenters. The highest BCUT2D eigenvalue weighted by molar-refractivity contribution is 7.15. The van der Waals surface area contributed by atoms with Gasteiger partial charge in [0.2, 0.25) is 5.89 Å². The van der Waals surface area contributed by atoms with Gasteiger partial charge in [-0.15, -0.1) is 11.3 Å². The van der Waals surface area contributed by atoms with Crippen LogP contribution in [0.3, 0.4) is 0 Å². The maximum Gasteiger partial charge on any atom is 0.416 e. The number of alkyl halides is 3. The molecule has 2 aromatic heterocycles. The molecule has 0 bridgehead atoms. The van der Waals surface area contributed by atoms with Crippen LogP contribution in [0.5, 0.6) is 5.75 Å². The van der Waals surface area contributed by atoms with E-state index < -0.39 is 24.3 Å². The molecule has 6 nitrogen and oxygen atoms in total. The van der Waals surface area contributed by atoms with Gasteiger partial charge in [0.25, 0.3) is 0 Å². The summed E-state index contributed by atoms with van der Waals surface area (Å²) in [6.07, 6.45) is -4.02. The van der Waals surface area contributed by atoms with Crippen LogP contribution in [0.4, 0.5) is 13.2 Å². The predicted octanol–water partition coefficient (Wildman–Crippen LogP) is 5.33. The lowest BCUT2D eigenvalue weighted by Crippen LogP contribution is -2.09. The Morgan fingerprint density at radius 2 is 1.90 bits per heavy atom. The molecule has 0 aliphatic heterocycles. The molecule has 0 radical (unpaired) electrons. The Labute approximate surface area is 177 Å². The minimum atomic E-state index is -4.38. The van der Waals surface area contributed by atoms with Crippen LogP contribution < -0.4 is 4.74 Å². The van der Waals surface area contributed by atoms with Crippen molar-refractivity contribution < 1.29 is 32.2 Å². The van der Waals surface area contributed by atoms with Crippen molar-refractivity contribution in [2.45, 2.75) is 19.5 Å². The smallest absolute Gasteiger partial charge is 0.416 e. The van der Waals surface area contributed by atoms with Crippen LogP contribution in [0.25, 0.3) is 21.7 Å². The van der Waals surface area contributed by atoms with Gasteiger partial charge >= 0.3 is 12.1 Å². The number of aryl methyl sites for hydroxylation is 1. The number of carboxylic acid groups (broad SMARTS) is 1. The summed E-state index contributed by atoms with van der Waals surface area (Å²) in [5.74, 6) is -0.282. The normalized spacial score (nSPS) is 11.7. The molecule has 1 N–H and O–H groups in total. The summed E-state index contributed by atoms with van der Waals surface area (Å²) < 4.78 is 49.2. The number of carboxylic acids is 1. The number of oxazole rings is 1. The second-order valence-electron chi connectivity index (χ2n) is 6.70. The first kappa shape index (κ1) is 20.9. The number of carbonyl (C=O) groups is 1. The number of rotatable bonds is 6. The van der Waals surface area contributed by atoms with E-state index in [1.165, 1.54) is 23.5 Å². The summed E-state index contributed by atoms with van der Waals surface area (Å²) in [5, 5.41) is 9.31. The lowest BCUT2D eigenvalue weighted by Gasteiger charge is -2.06. The van der Waals surface area contributed by atoms with E-state index in [2.05, 4.69) is 9.97 Å². The van der Waals surface area contributed by atoms with Gasteiger partial charge in [-0.2, -0.15) is 13.2 Å². The molecule has 160 valence electrons. The Morgan fingerprint density at radius 1 is 1.16 bits per heavy atom. The SMILES string of the molecule is Cc1nc(-c2ccc(C(F)(F)F)cc2)sc1Cc1nc2ccc(OCC(=O)O)cc2o1. The number of ether oxygens (including phenoxy) is 1. The zero-order valence-electron chi connectivity index (χ0n) is 16.1. The third kappa shape index (κ3) is 4.69. The van der Waals surface area contributed by atoms with Gasteiger partial charge in [-0.05, 0) is 31.2 Å². The van der Waals surface area contributed by atoms with Gasteiger partial charge < -0.3 is 14.3 Å². The molecule has 0 saturated carbocycles. The molecule has 31 heavy (non-hydrogen) atoms. The molecule has 0 fully saturated rings. The quantitative estimate of drug-likeness (QED) is 0.429. The van der Waals surface area contributed by atoms with Crippen molar-refractivity contribution in [3.05, 3.63) is 64.5 Å². The van der Waals surface area contributed by atoms with E-state index in [0.717, 1.165) is 22.7 Å². The summed E-state index contributed by atoms with van der Waals surface area (Å²) in [4.78, 5) is 20.4. The number of hydrogen-bond acceptors (Lipinski definition) is 6. The molecular formula is C21H15F3N2O4S. The van der Waals surface area contributed by atoms with Crippen LogP contribution in [0.2, 0.25) is 0 Å². The third-order valence-corrected chi connectivity index (χ3v) is 5.64. The number of aliphatic carboxylic acids is 1. The van der Waals surface area contributed by atoms with Crippen LogP contribution in [-0.4, -0.2) is 27.7 Å². The number of hydrogen-bond donors (Lipinski definition) is 1. The van der Waals surface area contributed by atoms with Gasteiger partial charge in [0, 0.05) is 16.5 Å². The van der Waals surface area contributed by atoms with Gasteiger partial charge in [-0.25, -0.2) is 14.8 Å². The molecule has 4 aromatic rings. The summed E-state index contributed by atoms with van der Waals surface area (Å²) in [6.45, 7) is 1.36. The Bertz CT molecular complexity index is 1250. The Kier molecular flexibility index (Phi) is 5.40. The van der Waals surface area contributed by atoms with Crippen molar-refractivity contribution in [1.82, 2.24) is 9.97 Å². The molecule has 10 heteroatoms. The van der Waals surface area contributed by atoms with E-state index in [9.17, 15) is 18.0 Å². The molecule has 0 saturated heterocycles. The average Bonchev–Trinajstić information content (AvgIpc) is 3.28. The molecule has 0 unspecified atom stereocenters. The lowest BCUT2D eigenvalue weighted by atomic mass is 10.1. The van der Waals surface area contributed by atoms with Crippen molar-refractivity contribution in [1.29, 1.82) is 0 Å². The maximum absolute atomic E-state index is 12.8. The minimum absolute atomic E-state index is 0.358. The van der Waals surface area contributed by atoms with Crippen molar-refractivity contribution in [3.63, 3.8) is 0 Å². The minimum Gasteiger partial charge on any atom is -0.482 e. The second-order valence-corrected chi connectivity index (χ2v) is 7.78. The number of fused-ring (bicyclic) bond motifs is 1. The van der Waals surface area contributed by atoms with Crippen LogP contribution in [-0.2, 0) is 17.4 Å². The molecule has 0 spiro atoms. The standard InChI is InChI=1S/C21H15F3N2O4S/c1-11-17(31-20(25-11)12-2-4-13(5-3-12)21(22,23)24)9-18-26-15-7-6-14(8-16(15)30-18)29-10-19(27)28/h2-8H,9-10H2,1H3,(H,27,28). The Balaban J connectivity index is 1.54. The molecule has 0 aliphatic carbocycles. The van der Waals surface area contributed by atoms with Gasteiger partial charge in [0.1, 0.15) is 16.3 Å². The largest absolute Gasteiger partial charge is 0.482 e. The van der Waals surface area contributed by atoms with Crippen molar-refractivity contribution in [2.24, 2.45) is 0 Å². The van der Waals surface area contributed by atoms with Gasteiger partial charge in [0.15, 0.2) is 12.2 Å². The highest BCUT2D eigenvalue weighted by Gasteiger charge is 2.30. The molecule has 0 aliphatic rings. The first-order chi connectivity index (χ1) is 14.7. The van der Waals surface area contributed by atoms with Crippen molar-refractivity contribution in [2.75, 3.05) is 6.61 Å². The summed E-state index contributed by atoms with van der Waals surface area (Å²) in [6, 6.07) is 9.74. The lowest BCUT2D eigenvalue weighted by molar-refractivity contribution is -0.139. The predicted molar refractivity (Wildman–Crippen MR) is 107 cm³/mol. The van der Waals surface area contributed by atoms with Crippen molar-refractivity contribution in [3.8, 4) is 16.3 Å². The van der Waals surface area contributed by atoms with Gasteiger partial charge in [-0.1, -0.05) is 12.1 Å². The fourth-order valence-electron chi connectivity index (χ4n) is 2.92. The molecule has 2 aromatic carbocycles. The summed E-state index contributed by atoms with van der Waals surface area (Å²) >= 11 is 1.36. The van der Waals surface area contributed by atoms with Crippen LogP contribution >= 0.6 is 11.3 Å². The average molecular weight is 448 g/mol.